The Morgan fingerprint density at radius 2 is 1.87 bits per heavy atom. The lowest BCUT2D eigenvalue weighted by atomic mass is 10.0. The number of fused-ring (bicyclic) bond motifs is 1. The number of hydrogen-bond acceptors (Lipinski definition) is 3. The van der Waals surface area contributed by atoms with Crippen LogP contribution in [-0.4, -0.2) is 40.2 Å². The van der Waals surface area contributed by atoms with Gasteiger partial charge in [0, 0.05) is 52.9 Å². The summed E-state index contributed by atoms with van der Waals surface area (Å²) in [6, 6.07) is 17.7. The number of aromatic amines is 2. The number of carbonyl (C=O) groups excluding carboxylic acids is 1. The second-order valence-electron chi connectivity index (χ2n) is 7.66. The summed E-state index contributed by atoms with van der Waals surface area (Å²) in [7, 11) is 0. The second-order valence-corrected chi connectivity index (χ2v) is 8.10. The van der Waals surface area contributed by atoms with Crippen molar-refractivity contribution in [2.45, 2.75) is 18.9 Å². The van der Waals surface area contributed by atoms with Crippen molar-refractivity contribution in [1.82, 2.24) is 20.5 Å². The summed E-state index contributed by atoms with van der Waals surface area (Å²) in [4.78, 5) is 18.1. The lowest BCUT2D eigenvalue weighted by Gasteiger charge is -2.32. The topological polar surface area (TPSA) is 76.8 Å². The van der Waals surface area contributed by atoms with Gasteiger partial charge < -0.3 is 15.2 Å². The van der Waals surface area contributed by atoms with Gasteiger partial charge in [0.2, 0.25) is 0 Å². The van der Waals surface area contributed by atoms with E-state index in [2.05, 4.69) is 31.5 Å². The number of piperidine rings is 1. The maximum Gasteiger partial charge on any atom is 0.251 e. The molecule has 0 aliphatic carbocycles. The van der Waals surface area contributed by atoms with E-state index in [4.69, 9.17) is 11.6 Å². The smallest absolute Gasteiger partial charge is 0.251 e. The van der Waals surface area contributed by atoms with Gasteiger partial charge in [-0.15, -0.1) is 0 Å². The van der Waals surface area contributed by atoms with E-state index >= 15 is 0 Å². The largest absolute Gasteiger partial charge is 0.361 e. The maximum atomic E-state index is 12.7. The summed E-state index contributed by atoms with van der Waals surface area (Å²) in [6.07, 6.45) is 3.66. The normalized spacial score (nSPS) is 14.9. The fourth-order valence-corrected chi connectivity index (χ4v) is 4.09. The molecule has 152 valence electrons. The average molecular weight is 420 g/mol. The van der Waals surface area contributed by atoms with Gasteiger partial charge in [0.25, 0.3) is 5.91 Å². The number of anilines is 1. The number of nitrogens with zero attached hydrogens (tertiary/aromatic N) is 2. The molecular formula is C23H22ClN5O. The molecule has 1 aliphatic rings. The molecule has 1 aliphatic heterocycles. The summed E-state index contributed by atoms with van der Waals surface area (Å²) in [5.74, 6) is 0.920. The number of benzene rings is 2. The third-order valence-electron chi connectivity index (χ3n) is 5.69. The van der Waals surface area contributed by atoms with Crippen molar-refractivity contribution in [1.29, 1.82) is 0 Å². The van der Waals surface area contributed by atoms with E-state index in [1.165, 1.54) is 0 Å². The molecule has 1 saturated heterocycles. The molecular weight excluding hydrogens is 398 g/mol. The molecule has 1 fully saturated rings. The molecule has 0 atom stereocenters. The van der Waals surface area contributed by atoms with Crippen LogP contribution in [0.15, 0.2) is 60.8 Å². The van der Waals surface area contributed by atoms with Gasteiger partial charge in [-0.3, -0.25) is 9.89 Å². The number of amides is 1. The lowest BCUT2D eigenvalue weighted by Crippen LogP contribution is -2.44. The molecule has 3 heterocycles. The minimum atomic E-state index is -0.0126. The quantitative estimate of drug-likeness (QED) is 0.452. The van der Waals surface area contributed by atoms with Gasteiger partial charge in [0.05, 0.1) is 5.69 Å². The highest BCUT2D eigenvalue weighted by molar-refractivity contribution is 6.30. The first-order chi connectivity index (χ1) is 14.7. The van der Waals surface area contributed by atoms with E-state index in [9.17, 15) is 4.79 Å². The van der Waals surface area contributed by atoms with E-state index in [-0.39, 0.29) is 11.9 Å². The highest BCUT2D eigenvalue weighted by Gasteiger charge is 2.23. The van der Waals surface area contributed by atoms with E-state index in [0.29, 0.717) is 5.56 Å². The van der Waals surface area contributed by atoms with E-state index in [1.807, 2.05) is 54.7 Å². The van der Waals surface area contributed by atoms with Crippen molar-refractivity contribution in [2.75, 3.05) is 18.0 Å². The van der Waals surface area contributed by atoms with Crippen molar-refractivity contribution in [3.05, 3.63) is 71.4 Å². The van der Waals surface area contributed by atoms with Gasteiger partial charge in [-0.2, -0.15) is 5.10 Å². The summed E-state index contributed by atoms with van der Waals surface area (Å²) in [5, 5.41) is 12.5. The molecule has 5 rings (SSSR count). The summed E-state index contributed by atoms with van der Waals surface area (Å²) < 4.78 is 0. The first-order valence-corrected chi connectivity index (χ1v) is 10.5. The molecule has 0 unspecified atom stereocenters. The fourth-order valence-electron chi connectivity index (χ4n) is 3.97. The summed E-state index contributed by atoms with van der Waals surface area (Å²) in [6.45, 7) is 1.71. The monoisotopic (exact) mass is 419 g/mol. The lowest BCUT2D eigenvalue weighted by molar-refractivity contribution is 0.0931. The molecule has 0 saturated carbocycles. The number of halogens is 1. The van der Waals surface area contributed by atoms with Crippen molar-refractivity contribution in [2.24, 2.45) is 0 Å². The third-order valence-corrected chi connectivity index (χ3v) is 5.94. The van der Waals surface area contributed by atoms with Gasteiger partial charge in [-0.05, 0) is 54.8 Å². The summed E-state index contributed by atoms with van der Waals surface area (Å²) >= 11 is 5.97. The Bertz CT molecular complexity index is 1170. The molecule has 2 aromatic heterocycles. The van der Waals surface area contributed by atoms with Crippen LogP contribution in [0.3, 0.4) is 0 Å². The zero-order chi connectivity index (χ0) is 20.5. The highest BCUT2D eigenvalue weighted by Crippen LogP contribution is 2.25. The second kappa shape index (κ2) is 7.88. The molecule has 0 radical (unpaired) electrons. The SMILES string of the molecule is O=C(NC1CCN(c2cc(-c3ccc(Cl)cc3)[nH]n2)CC1)c1ccc2[nH]ccc2c1. The Hall–Kier alpha value is -3.25. The molecule has 30 heavy (non-hydrogen) atoms. The average Bonchev–Trinajstić information content (AvgIpc) is 3.44. The first kappa shape index (κ1) is 18.8. The molecule has 1 amide bonds. The van der Waals surface area contributed by atoms with E-state index in [1.54, 1.807) is 0 Å². The Morgan fingerprint density at radius 1 is 1.07 bits per heavy atom. The van der Waals surface area contributed by atoms with Crippen LogP contribution < -0.4 is 10.2 Å². The van der Waals surface area contributed by atoms with Gasteiger partial charge in [0.1, 0.15) is 0 Å². The fraction of sp³-hybridized carbons (Fsp3) is 0.217. The standard InChI is InChI=1S/C23H22ClN5O/c24-18-4-1-15(2-5-18)21-14-22(28-27-21)29-11-8-19(9-12-29)26-23(30)17-3-6-20-16(13-17)7-10-25-20/h1-7,10,13-14,19,25H,8-9,11-12H2,(H,26,30)(H,27,28). The Morgan fingerprint density at radius 3 is 2.67 bits per heavy atom. The van der Waals surface area contributed by atoms with Crippen LogP contribution >= 0.6 is 11.6 Å². The molecule has 3 N–H and O–H groups in total. The van der Waals surface area contributed by atoms with Crippen LogP contribution in [0.2, 0.25) is 5.02 Å². The van der Waals surface area contributed by atoms with Gasteiger partial charge in [0.15, 0.2) is 5.82 Å². The number of nitrogens with one attached hydrogen (secondary N) is 3. The van der Waals surface area contributed by atoms with Crippen LogP contribution in [-0.2, 0) is 0 Å². The van der Waals surface area contributed by atoms with Crippen LogP contribution in [0.4, 0.5) is 5.82 Å². The predicted octanol–water partition coefficient (Wildman–Crippen LogP) is 4.61. The van der Waals surface area contributed by atoms with E-state index < -0.39 is 0 Å². The van der Waals surface area contributed by atoms with Crippen molar-refractivity contribution in [3.8, 4) is 11.3 Å². The first-order valence-electron chi connectivity index (χ1n) is 10.1. The van der Waals surface area contributed by atoms with Gasteiger partial charge >= 0.3 is 0 Å². The van der Waals surface area contributed by atoms with E-state index in [0.717, 1.165) is 58.9 Å². The van der Waals surface area contributed by atoms with Crippen LogP contribution in [0.5, 0.6) is 0 Å². The molecule has 7 heteroatoms. The number of H-pyrrole nitrogens is 2. The maximum absolute atomic E-state index is 12.7. The van der Waals surface area contributed by atoms with Crippen molar-refractivity contribution < 1.29 is 4.79 Å². The summed E-state index contributed by atoms with van der Waals surface area (Å²) in [5.41, 5.74) is 3.76. The van der Waals surface area contributed by atoms with Crippen molar-refractivity contribution >= 4 is 34.2 Å². The number of aromatic nitrogens is 3. The minimum Gasteiger partial charge on any atom is -0.361 e. The van der Waals surface area contributed by atoms with Crippen LogP contribution in [0, 0.1) is 0 Å². The highest BCUT2D eigenvalue weighted by atomic mass is 35.5. The predicted molar refractivity (Wildman–Crippen MR) is 120 cm³/mol. The van der Waals surface area contributed by atoms with Crippen LogP contribution in [0.25, 0.3) is 22.2 Å². The molecule has 0 bridgehead atoms. The third kappa shape index (κ3) is 3.78. The van der Waals surface area contributed by atoms with Crippen LogP contribution in [0.1, 0.15) is 23.2 Å². The molecule has 0 spiro atoms. The number of hydrogen-bond donors (Lipinski definition) is 3. The van der Waals surface area contributed by atoms with Crippen molar-refractivity contribution in [3.63, 3.8) is 0 Å². The zero-order valence-electron chi connectivity index (χ0n) is 16.4. The molecule has 2 aromatic carbocycles. The molecule has 4 aromatic rings. The Kier molecular flexibility index (Phi) is 4.93. The van der Waals surface area contributed by atoms with Gasteiger partial charge in [-0.1, -0.05) is 23.7 Å². The minimum absolute atomic E-state index is 0.0126. The zero-order valence-corrected chi connectivity index (χ0v) is 17.1. The molecule has 6 nitrogen and oxygen atoms in total. The Labute approximate surface area is 179 Å². The van der Waals surface area contributed by atoms with Gasteiger partial charge in [-0.25, -0.2) is 0 Å². The Balaban J connectivity index is 1.19. The number of carbonyl (C=O) groups is 1. The number of rotatable bonds is 4.